The molecular weight excluding hydrogens is 1160 g/mol. The van der Waals surface area contributed by atoms with E-state index in [1.165, 1.54) is 21.9 Å². The summed E-state index contributed by atoms with van der Waals surface area (Å²) in [7, 11) is 0. The number of anilines is 2. The third-order valence-corrected chi connectivity index (χ3v) is 13.8. The molecule has 4 aromatic rings. The zero-order valence-electron chi connectivity index (χ0n) is 46.0. The molecule has 10 rings (SSSR count). The van der Waals surface area contributed by atoms with Crippen LogP contribution in [0.1, 0.15) is 92.0 Å². The van der Waals surface area contributed by atoms with Gasteiger partial charge in [0.2, 0.25) is 11.8 Å². The van der Waals surface area contributed by atoms with Crippen molar-refractivity contribution in [3.63, 3.8) is 0 Å². The Balaban J connectivity index is 0.000000303. The summed E-state index contributed by atoms with van der Waals surface area (Å²) in [6.07, 6.45) is -0.916. The van der Waals surface area contributed by atoms with Gasteiger partial charge in [0.15, 0.2) is 0 Å². The van der Waals surface area contributed by atoms with E-state index in [0.717, 1.165) is 0 Å². The van der Waals surface area contributed by atoms with Crippen LogP contribution in [-0.2, 0) is 28.7 Å². The maximum Gasteiger partial charge on any atom is 0.410 e. The van der Waals surface area contributed by atoms with E-state index in [1.54, 1.807) is 112 Å². The topological polar surface area (TPSA) is 281 Å². The number of carbonyl (C=O) groups is 8. The second kappa shape index (κ2) is 31.2. The molecule has 26 heteroatoms. The average molecular weight is 1240 g/mol. The molecule has 0 spiro atoms. The quantitative estimate of drug-likeness (QED) is 0.0957. The second-order valence-electron chi connectivity index (χ2n) is 21.7. The first-order valence-electron chi connectivity index (χ1n) is 26.4. The minimum absolute atomic E-state index is 0. The standard InChI is InChI=1S/2C18H15ClFN3O2.2C10H18N2O4.4CH4/c2*19-11-2-3-12(14(20)8-11)10-1-4-15-13(7-10)18(25)23-6-5-21-9-16(23)17(24)22-15;2*1-10(2,3)16-9(15)12-5-4-11-7(6-12)8(13)14;;;;/h2*1-4,7-8,16,21H,5-6,9H2,(H,22,24);2*7,11H,4-6H2,1-3H3,(H,13,14);4*1H4/t2*16-;2*7-;;;;/m1010..../s1. The molecule has 6 aliphatic rings. The Labute approximate surface area is 511 Å². The SMILES string of the molecule is C.C.C.C.CC(C)(C)OC(=O)N1CCN[C@@H](C(=O)O)C1.CC(C)(C)OC(=O)N1CCN[C@H](C(=O)O)C1.O=C1Nc2ccc(-c3ccc(Cl)cc3F)cc2C(=O)N2CCNC[C@@H]12.O=C1Nc2ccc(-c3ccc(Cl)cc3F)cc2C(=O)N2CCNC[C@H]12. The van der Waals surface area contributed by atoms with Gasteiger partial charge >= 0.3 is 24.1 Å². The Morgan fingerprint density at radius 1 is 0.523 bits per heavy atom. The Morgan fingerprint density at radius 2 is 0.884 bits per heavy atom. The van der Waals surface area contributed by atoms with Crippen molar-refractivity contribution in [3.8, 4) is 22.3 Å². The van der Waals surface area contributed by atoms with E-state index in [-0.39, 0.29) is 66.4 Å². The zero-order valence-corrected chi connectivity index (χ0v) is 47.5. The first-order chi connectivity index (χ1) is 38.7. The van der Waals surface area contributed by atoms with Crippen LogP contribution in [0, 0.1) is 11.6 Å². The van der Waals surface area contributed by atoms with E-state index in [9.17, 15) is 47.1 Å². The molecule has 6 heterocycles. The predicted molar refractivity (Wildman–Crippen MR) is 328 cm³/mol. The van der Waals surface area contributed by atoms with Crippen molar-refractivity contribution in [1.29, 1.82) is 0 Å². The highest BCUT2D eigenvalue weighted by Gasteiger charge is 2.39. The van der Waals surface area contributed by atoms with Gasteiger partial charge in [0, 0.05) is 86.6 Å². The van der Waals surface area contributed by atoms with Crippen molar-refractivity contribution in [1.82, 2.24) is 40.9 Å². The number of ether oxygens (including phenoxy) is 2. The number of carboxylic acids is 2. The molecule has 0 bridgehead atoms. The van der Waals surface area contributed by atoms with Crippen molar-refractivity contribution >= 4 is 82.3 Å². The summed E-state index contributed by atoms with van der Waals surface area (Å²) in [5.74, 6) is -3.71. The van der Waals surface area contributed by atoms with Crippen molar-refractivity contribution < 1.29 is 66.8 Å². The third kappa shape index (κ3) is 18.8. The second-order valence-corrected chi connectivity index (χ2v) is 22.6. The fourth-order valence-corrected chi connectivity index (χ4v) is 9.68. The number of halogens is 4. The lowest BCUT2D eigenvalue weighted by atomic mass is 10.0. The van der Waals surface area contributed by atoms with Crippen LogP contribution in [0.15, 0.2) is 72.8 Å². The molecule has 6 aliphatic heterocycles. The highest BCUT2D eigenvalue weighted by molar-refractivity contribution is 6.31. The molecule has 8 N–H and O–H groups in total. The Hall–Kier alpha value is -7.48. The van der Waals surface area contributed by atoms with Crippen molar-refractivity contribution in [2.24, 2.45) is 0 Å². The van der Waals surface area contributed by atoms with E-state index in [1.807, 2.05) is 0 Å². The molecule has 6 amide bonds. The number of piperazine rings is 4. The summed E-state index contributed by atoms with van der Waals surface area (Å²) in [6, 6.07) is 16.2. The van der Waals surface area contributed by atoms with Gasteiger partial charge in [-0.3, -0.25) is 28.8 Å². The summed E-state index contributed by atoms with van der Waals surface area (Å²) in [6.45, 7) is 15.9. The number of rotatable bonds is 4. The van der Waals surface area contributed by atoms with Crippen LogP contribution in [0.3, 0.4) is 0 Å². The number of fused-ring (bicyclic) bond motifs is 4. The van der Waals surface area contributed by atoms with E-state index in [2.05, 4.69) is 31.9 Å². The van der Waals surface area contributed by atoms with Gasteiger partial charge < -0.3 is 71.2 Å². The van der Waals surface area contributed by atoms with Crippen molar-refractivity contribution in [2.75, 3.05) is 89.2 Å². The molecule has 4 aromatic carbocycles. The van der Waals surface area contributed by atoms with E-state index in [4.69, 9.17) is 42.9 Å². The van der Waals surface area contributed by atoms with Gasteiger partial charge in [-0.05, 0) is 113 Å². The molecular formula is C60H82Cl2F2N10O12. The largest absolute Gasteiger partial charge is 0.480 e. The normalized spacial score (nSPS) is 19.6. The summed E-state index contributed by atoms with van der Waals surface area (Å²) < 4.78 is 38.8. The first-order valence-corrected chi connectivity index (χ1v) is 27.2. The third-order valence-electron chi connectivity index (χ3n) is 13.4. The van der Waals surface area contributed by atoms with Gasteiger partial charge in [0.1, 0.15) is 47.0 Å². The maximum absolute atomic E-state index is 14.2. The van der Waals surface area contributed by atoms with Crippen LogP contribution in [0.5, 0.6) is 0 Å². The lowest BCUT2D eigenvalue weighted by Crippen LogP contribution is -2.57. The number of hydrogen-bond acceptors (Lipinski definition) is 14. The number of benzene rings is 4. The molecule has 0 saturated carbocycles. The average Bonchev–Trinajstić information content (AvgIpc) is 1.75. The molecule has 4 fully saturated rings. The summed E-state index contributed by atoms with van der Waals surface area (Å²) >= 11 is 11.6. The molecule has 0 aromatic heterocycles. The zero-order chi connectivity index (χ0) is 59.8. The van der Waals surface area contributed by atoms with Gasteiger partial charge in [-0.1, -0.05) is 65.0 Å². The lowest BCUT2D eigenvalue weighted by molar-refractivity contribution is -0.141. The van der Waals surface area contributed by atoms with Crippen LogP contribution < -0.4 is 31.9 Å². The number of hydrogen-bond donors (Lipinski definition) is 8. The van der Waals surface area contributed by atoms with Gasteiger partial charge in [0.25, 0.3) is 11.8 Å². The number of carboxylic acid groups (broad SMARTS) is 2. The number of amides is 6. The summed E-state index contributed by atoms with van der Waals surface area (Å²) in [5, 5.41) is 35.8. The van der Waals surface area contributed by atoms with E-state index in [0.29, 0.717) is 120 Å². The highest BCUT2D eigenvalue weighted by Crippen LogP contribution is 2.34. The van der Waals surface area contributed by atoms with Gasteiger partial charge in [-0.25, -0.2) is 18.4 Å². The monoisotopic (exact) mass is 1240 g/mol. The molecule has 4 atom stereocenters. The molecule has 0 aliphatic carbocycles. The minimum Gasteiger partial charge on any atom is -0.480 e. The first kappa shape index (κ1) is 72.8. The minimum atomic E-state index is -0.951. The molecule has 472 valence electrons. The van der Waals surface area contributed by atoms with Crippen LogP contribution in [0.4, 0.5) is 29.7 Å². The number of aliphatic carboxylic acids is 2. The number of nitrogens with zero attached hydrogens (tertiary/aromatic N) is 4. The lowest BCUT2D eigenvalue weighted by Gasteiger charge is -2.33. The van der Waals surface area contributed by atoms with Gasteiger partial charge in [0.05, 0.1) is 35.6 Å². The van der Waals surface area contributed by atoms with Gasteiger partial charge in [-0.2, -0.15) is 0 Å². The predicted octanol–water partition coefficient (Wildman–Crippen LogP) is 8.13. The fraction of sp³-hybridized carbons (Fsp3) is 0.467. The smallest absolute Gasteiger partial charge is 0.410 e. The Bertz CT molecular complexity index is 2900. The molecule has 4 saturated heterocycles. The molecule has 22 nitrogen and oxygen atoms in total. The number of carbonyl (C=O) groups excluding carboxylic acids is 6. The molecule has 86 heavy (non-hydrogen) atoms. The number of nitrogens with one attached hydrogen (secondary N) is 6. The van der Waals surface area contributed by atoms with Crippen LogP contribution in [-0.4, -0.2) is 191 Å². The molecule has 0 unspecified atom stereocenters. The van der Waals surface area contributed by atoms with E-state index >= 15 is 0 Å². The Morgan fingerprint density at radius 3 is 1.21 bits per heavy atom. The molecule has 0 radical (unpaired) electrons. The van der Waals surface area contributed by atoms with E-state index < -0.39 is 71.1 Å². The van der Waals surface area contributed by atoms with Gasteiger partial charge in [-0.15, -0.1) is 0 Å². The van der Waals surface area contributed by atoms with Crippen molar-refractivity contribution in [2.45, 2.75) is 107 Å². The highest BCUT2D eigenvalue weighted by atomic mass is 35.5. The van der Waals surface area contributed by atoms with Crippen LogP contribution in [0.2, 0.25) is 10.0 Å². The maximum atomic E-state index is 14.2. The Kier molecular flexibility index (Phi) is 26.4. The van der Waals surface area contributed by atoms with Crippen LogP contribution >= 0.6 is 23.2 Å². The summed E-state index contributed by atoms with van der Waals surface area (Å²) in [5.41, 5.74) is 2.34. The fourth-order valence-electron chi connectivity index (χ4n) is 9.36. The van der Waals surface area contributed by atoms with Crippen LogP contribution in [0.25, 0.3) is 22.3 Å². The van der Waals surface area contributed by atoms with Crippen molar-refractivity contribution in [3.05, 3.63) is 106 Å². The summed E-state index contributed by atoms with van der Waals surface area (Å²) in [4.78, 5) is 101.